The highest BCUT2D eigenvalue weighted by molar-refractivity contribution is 5.99. The van der Waals surface area contributed by atoms with Crippen molar-refractivity contribution < 1.29 is 0 Å². The Kier molecular flexibility index (Phi) is 1.97. The first-order valence-corrected chi connectivity index (χ1v) is 5.55. The fourth-order valence-corrected chi connectivity index (χ4v) is 2.22. The summed E-state index contributed by atoms with van der Waals surface area (Å²) in [6.45, 7) is 4.26. The van der Waals surface area contributed by atoms with E-state index in [1.165, 1.54) is 32.7 Å². The quantitative estimate of drug-likeness (QED) is 0.477. The van der Waals surface area contributed by atoms with Gasteiger partial charge in [0.1, 0.15) is 0 Å². The Morgan fingerprint density at radius 2 is 1.81 bits per heavy atom. The summed E-state index contributed by atoms with van der Waals surface area (Å²) >= 11 is 0. The summed E-state index contributed by atoms with van der Waals surface area (Å²) in [7, 11) is 0. The van der Waals surface area contributed by atoms with Crippen molar-refractivity contribution in [1.29, 1.82) is 0 Å². The van der Waals surface area contributed by atoms with Gasteiger partial charge in [0.25, 0.3) is 0 Å². The average Bonchev–Trinajstić information content (AvgIpc) is 2.27. The average molecular weight is 205 g/mol. The molecule has 0 aliphatic rings. The van der Waals surface area contributed by atoms with Crippen LogP contribution in [-0.2, 0) is 0 Å². The van der Waals surface area contributed by atoms with Crippen molar-refractivity contribution >= 4 is 21.5 Å². The van der Waals surface area contributed by atoms with Crippen LogP contribution in [0.3, 0.4) is 0 Å². The van der Waals surface area contributed by atoms with E-state index in [-0.39, 0.29) is 0 Å². The van der Waals surface area contributed by atoms with Crippen LogP contribution in [0.25, 0.3) is 21.5 Å². The Balaban J connectivity index is 2.49. The van der Waals surface area contributed by atoms with Crippen molar-refractivity contribution in [2.45, 2.75) is 13.8 Å². The monoisotopic (exact) mass is 205 g/mol. The van der Waals surface area contributed by atoms with E-state index in [9.17, 15) is 0 Å². The molecule has 1 radical (unpaired) electrons. The number of hydrogen-bond donors (Lipinski definition) is 0. The van der Waals surface area contributed by atoms with E-state index < -0.39 is 0 Å². The third-order valence-electron chi connectivity index (χ3n) is 3.11. The summed E-state index contributed by atoms with van der Waals surface area (Å²) in [4.78, 5) is 0. The highest BCUT2D eigenvalue weighted by Gasteiger charge is 2.00. The minimum absolute atomic E-state index is 1.20. The normalized spacial score (nSPS) is 11.1. The van der Waals surface area contributed by atoms with Gasteiger partial charge >= 0.3 is 0 Å². The largest absolute Gasteiger partial charge is 0.0614 e. The predicted octanol–water partition coefficient (Wildman–Crippen LogP) is 4.41. The molecule has 0 spiro atoms. The number of aryl methyl sites for hydroxylation is 2. The van der Waals surface area contributed by atoms with Crippen molar-refractivity contribution in [2.75, 3.05) is 0 Å². The fraction of sp³-hybridized carbons (Fsp3) is 0.125. The van der Waals surface area contributed by atoms with E-state index >= 15 is 0 Å². The molecular formula is C16H13. The molecule has 0 unspecified atom stereocenters. The predicted molar refractivity (Wildman–Crippen MR) is 69.8 cm³/mol. The van der Waals surface area contributed by atoms with Gasteiger partial charge in [-0.3, -0.25) is 0 Å². The van der Waals surface area contributed by atoms with Gasteiger partial charge in [-0.15, -0.1) is 0 Å². The summed E-state index contributed by atoms with van der Waals surface area (Å²) in [6, 6.07) is 18.5. The first kappa shape index (κ1) is 9.41. The lowest BCUT2D eigenvalue weighted by atomic mass is 9.99. The van der Waals surface area contributed by atoms with Crippen LogP contribution in [0.1, 0.15) is 11.1 Å². The molecule has 0 aliphatic heterocycles. The van der Waals surface area contributed by atoms with Gasteiger partial charge in [-0.25, -0.2) is 0 Å². The number of hydrogen-bond acceptors (Lipinski definition) is 0. The third-order valence-corrected chi connectivity index (χ3v) is 3.11. The number of fused-ring (bicyclic) bond motifs is 2. The Bertz CT molecular complexity index is 677. The highest BCUT2D eigenvalue weighted by atomic mass is 14.0. The second kappa shape index (κ2) is 3.34. The molecule has 3 aromatic rings. The molecule has 3 rings (SSSR count). The van der Waals surface area contributed by atoms with Gasteiger partial charge < -0.3 is 0 Å². The Morgan fingerprint density at radius 3 is 2.69 bits per heavy atom. The molecule has 16 heavy (non-hydrogen) atoms. The van der Waals surface area contributed by atoms with E-state index in [0.29, 0.717) is 0 Å². The zero-order valence-electron chi connectivity index (χ0n) is 9.54. The zero-order chi connectivity index (χ0) is 11.1. The summed E-state index contributed by atoms with van der Waals surface area (Å²) < 4.78 is 0. The van der Waals surface area contributed by atoms with Crippen LogP contribution in [0.5, 0.6) is 0 Å². The first-order valence-electron chi connectivity index (χ1n) is 5.55. The number of benzene rings is 3. The van der Waals surface area contributed by atoms with Crippen molar-refractivity contribution in [1.82, 2.24) is 0 Å². The van der Waals surface area contributed by atoms with Crippen molar-refractivity contribution in [3.8, 4) is 0 Å². The first-order chi connectivity index (χ1) is 7.74. The summed E-state index contributed by atoms with van der Waals surface area (Å²) in [5.41, 5.74) is 2.59. The van der Waals surface area contributed by atoms with Crippen molar-refractivity contribution in [3.63, 3.8) is 0 Å². The van der Waals surface area contributed by atoms with Crippen LogP contribution < -0.4 is 0 Å². The summed E-state index contributed by atoms with van der Waals surface area (Å²) in [5.74, 6) is 0. The molecule has 3 aromatic carbocycles. The van der Waals surface area contributed by atoms with Crippen LogP contribution in [0.4, 0.5) is 0 Å². The van der Waals surface area contributed by atoms with Crippen LogP contribution in [-0.4, -0.2) is 0 Å². The lowest BCUT2D eigenvalue weighted by Crippen LogP contribution is -1.81. The second-order valence-electron chi connectivity index (χ2n) is 4.41. The van der Waals surface area contributed by atoms with Crippen molar-refractivity contribution in [3.05, 3.63) is 59.7 Å². The Hall–Kier alpha value is -1.82. The van der Waals surface area contributed by atoms with Crippen LogP contribution >= 0.6 is 0 Å². The standard InChI is InChI=1S/C16H13/c1-11-6-7-13-10-16-12(2)4-3-5-14(16)9-15(13)8-11/h3-6,8-10H,1-2H3. The molecule has 0 saturated heterocycles. The van der Waals surface area contributed by atoms with Crippen LogP contribution in [0, 0.1) is 19.9 Å². The number of rotatable bonds is 0. The van der Waals surface area contributed by atoms with Gasteiger partial charge in [0.2, 0.25) is 0 Å². The lowest BCUT2D eigenvalue weighted by molar-refractivity contribution is 1.50. The Labute approximate surface area is 95.5 Å². The molecule has 0 atom stereocenters. The summed E-state index contributed by atoms with van der Waals surface area (Å²) in [6.07, 6.45) is 0. The SMILES string of the molecule is Cc1c[c]c2cc3c(C)cccc3cc2c1. The molecule has 0 bridgehead atoms. The molecule has 77 valence electrons. The topological polar surface area (TPSA) is 0 Å². The Morgan fingerprint density at radius 1 is 0.938 bits per heavy atom. The van der Waals surface area contributed by atoms with E-state index in [1.807, 2.05) is 6.07 Å². The minimum atomic E-state index is 1.20. The summed E-state index contributed by atoms with van der Waals surface area (Å²) in [5, 5.41) is 5.12. The second-order valence-corrected chi connectivity index (χ2v) is 4.41. The molecule has 0 aromatic heterocycles. The molecular weight excluding hydrogens is 192 g/mol. The van der Waals surface area contributed by atoms with Gasteiger partial charge in [0.05, 0.1) is 0 Å². The third kappa shape index (κ3) is 1.38. The highest BCUT2D eigenvalue weighted by Crippen LogP contribution is 2.25. The molecule has 0 heteroatoms. The maximum absolute atomic E-state index is 3.34. The van der Waals surface area contributed by atoms with Gasteiger partial charge in [0, 0.05) is 0 Å². The van der Waals surface area contributed by atoms with Crippen molar-refractivity contribution in [2.24, 2.45) is 0 Å². The smallest absolute Gasteiger partial charge is 0.00962 e. The molecule has 0 amide bonds. The van der Waals surface area contributed by atoms with E-state index in [4.69, 9.17) is 0 Å². The minimum Gasteiger partial charge on any atom is -0.0614 e. The van der Waals surface area contributed by atoms with Crippen LogP contribution in [0.15, 0.2) is 42.5 Å². The lowest BCUT2D eigenvalue weighted by Gasteiger charge is -2.05. The zero-order valence-corrected chi connectivity index (χ0v) is 9.54. The maximum Gasteiger partial charge on any atom is -0.00962 e. The van der Waals surface area contributed by atoms with Crippen LogP contribution in [0.2, 0.25) is 0 Å². The van der Waals surface area contributed by atoms with E-state index in [2.05, 4.69) is 56.3 Å². The van der Waals surface area contributed by atoms with Gasteiger partial charge in [-0.1, -0.05) is 30.3 Å². The molecule has 0 aliphatic carbocycles. The van der Waals surface area contributed by atoms with E-state index in [0.717, 1.165) is 0 Å². The fourth-order valence-electron chi connectivity index (χ4n) is 2.22. The van der Waals surface area contributed by atoms with E-state index in [1.54, 1.807) is 0 Å². The molecule has 0 fully saturated rings. The van der Waals surface area contributed by atoms with Gasteiger partial charge in [-0.2, -0.15) is 0 Å². The molecule has 0 heterocycles. The maximum atomic E-state index is 3.34. The molecule has 0 nitrogen and oxygen atoms in total. The van der Waals surface area contributed by atoms with Gasteiger partial charge in [-0.05, 0) is 64.7 Å². The van der Waals surface area contributed by atoms with Gasteiger partial charge in [0.15, 0.2) is 0 Å². The molecule has 0 N–H and O–H groups in total. The molecule has 0 saturated carbocycles.